The van der Waals surface area contributed by atoms with Crippen molar-refractivity contribution in [2.75, 3.05) is 7.05 Å². The van der Waals surface area contributed by atoms with Crippen molar-refractivity contribution in [3.05, 3.63) is 70.8 Å². The fraction of sp³-hybridized carbons (Fsp3) is 0.400. The molecule has 0 heterocycles. The number of aryl methyl sites for hydroxylation is 2. The molecule has 1 nitrogen and oxygen atoms in total. The van der Waals surface area contributed by atoms with Crippen LogP contribution in [0.25, 0.3) is 0 Å². The molecule has 0 saturated heterocycles. The molecule has 0 bridgehead atoms. The molecule has 0 aromatic heterocycles. The van der Waals surface area contributed by atoms with Crippen LogP contribution in [-0.2, 0) is 6.42 Å². The fourth-order valence-corrected chi connectivity index (χ4v) is 3.16. The second-order valence-electron chi connectivity index (χ2n) is 5.95. The van der Waals surface area contributed by atoms with E-state index < -0.39 is 0 Å². The first-order chi connectivity index (χ1) is 10.2. The van der Waals surface area contributed by atoms with Crippen LogP contribution < -0.4 is 5.32 Å². The first kappa shape index (κ1) is 15.8. The second kappa shape index (κ2) is 7.42. The van der Waals surface area contributed by atoms with E-state index in [9.17, 15) is 0 Å². The Hall–Kier alpha value is -1.60. The zero-order valence-corrected chi connectivity index (χ0v) is 13.7. The SMILES string of the molecule is CCC(c1ccccc1)C(Cc1cc(C)ccc1C)NC. The summed E-state index contributed by atoms with van der Waals surface area (Å²) < 4.78 is 0. The second-order valence-corrected chi connectivity index (χ2v) is 5.95. The lowest BCUT2D eigenvalue weighted by molar-refractivity contribution is 0.448. The van der Waals surface area contributed by atoms with Crippen LogP contribution in [0.4, 0.5) is 0 Å². The minimum atomic E-state index is 0.470. The fourth-order valence-electron chi connectivity index (χ4n) is 3.16. The van der Waals surface area contributed by atoms with E-state index in [2.05, 4.69) is 81.7 Å². The summed E-state index contributed by atoms with van der Waals surface area (Å²) in [6.07, 6.45) is 2.23. The van der Waals surface area contributed by atoms with Gasteiger partial charge in [-0.2, -0.15) is 0 Å². The van der Waals surface area contributed by atoms with Crippen molar-refractivity contribution in [2.24, 2.45) is 0 Å². The predicted octanol–water partition coefficient (Wildman–Crippen LogP) is 4.63. The van der Waals surface area contributed by atoms with Crippen molar-refractivity contribution in [1.29, 1.82) is 0 Å². The quantitative estimate of drug-likeness (QED) is 0.814. The molecule has 0 radical (unpaired) electrons. The molecule has 0 saturated carbocycles. The molecule has 0 aliphatic carbocycles. The molecule has 2 aromatic rings. The van der Waals surface area contributed by atoms with Gasteiger partial charge in [0.05, 0.1) is 0 Å². The Labute approximate surface area is 129 Å². The maximum absolute atomic E-state index is 3.55. The molecule has 21 heavy (non-hydrogen) atoms. The Bertz CT molecular complexity index is 559. The smallest absolute Gasteiger partial charge is 0.0173 e. The van der Waals surface area contributed by atoms with Gasteiger partial charge in [-0.25, -0.2) is 0 Å². The van der Waals surface area contributed by atoms with Crippen LogP contribution >= 0.6 is 0 Å². The summed E-state index contributed by atoms with van der Waals surface area (Å²) in [5, 5.41) is 3.55. The lowest BCUT2D eigenvalue weighted by Crippen LogP contribution is -2.34. The largest absolute Gasteiger partial charge is 0.316 e. The number of likely N-dealkylation sites (N-methyl/N-ethyl adjacent to an activating group) is 1. The van der Waals surface area contributed by atoms with Crippen molar-refractivity contribution in [3.8, 4) is 0 Å². The molecule has 112 valence electrons. The van der Waals surface area contributed by atoms with Gasteiger partial charge in [-0.15, -0.1) is 0 Å². The number of rotatable bonds is 6. The Balaban J connectivity index is 2.24. The third-order valence-electron chi connectivity index (χ3n) is 4.47. The predicted molar refractivity (Wildman–Crippen MR) is 91.9 cm³/mol. The van der Waals surface area contributed by atoms with Gasteiger partial charge in [0, 0.05) is 6.04 Å². The van der Waals surface area contributed by atoms with Gasteiger partial charge in [0.2, 0.25) is 0 Å². The molecular weight excluding hydrogens is 254 g/mol. The lowest BCUT2D eigenvalue weighted by atomic mass is 9.85. The highest BCUT2D eigenvalue weighted by molar-refractivity contribution is 5.32. The summed E-state index contributed by atoms with van der Waals surface area (Å²) >= 11 is 0. The average molecular weight is 281 g/mol. The summed E-state index contributed by atoms with van der Waals surface area (Å²) in [5.74, 6) is 0.552. The van der Waals surface area contributed by atoms with Gasteiger partial charge in [-0.1, -0.05) is 61.0 Å². The first-order valence-electron chi connectivity index (χ1n) is 7.94. The highest BCUT2D eigenvalue weighted by atomic mass is 14.9. The molecule has 2 unspecified atom stereocenters. The van der Waals surface area contributed by atoms with E-state index in [0.717, 1.165) is 12.8 Å². The minimum Gasteiger partial charge on any atom is -0.316 e. The number of benzene rings is 2. The van der Waals surface area contributed by atoms with E-state index in [1.54, 1.807) is 0 Å². The van der Waals surface area contributed by atoms with Crippen LogP contribution in [0.2, 0.25) is 0 Å². The third-order valence-corrected chi connectivity index (χ3v) is 4.47. The molecule has 0 spiro atoms. The van der Waals surface area contributed by atoms with Crippen molar-refractivity contribution in [1.82, 2.24) is 5.32 Å². The van der Waals surface area contributed by atoms with Gasteiger partial charge in [0.1, 0.15) is 0 Å². The van der Waals surface area contributed by atoms with E-state index in [1.807, 2.05) is 0 Å². The monoisotopic (exact) mass is 281 g/mol. The summed E-state index contributed by atoms with van der Waals surface area (Å²) in [6, 6.07) is 18.1. The maximum atomic E-state index is 3.55. The molecule has 2 rings (SSSR count). The van der Waals surface area contributed by atoms with Gasteiger partial charge in [-0.3, -0.25) is 0 Å². The Morgan fingerprint density at radius 3 is 2.33 bits per heavy atom. The molecular formula is C20H27N. The molecule has 1 N–H and O–H groups in total. The molecule has 0 aliphatic heterocycles. The van der Waals surface area contributed by atoms with Crippen LogP contribution in [0.1, 0.15) is 41.5 Å². The Kier molecular flexibility index (Phi) is 5.58. The maximum Gasteiger partial charge on any atom is 0.0173 e. The summed E-state index contributed by atoms with van der Waals surface area (Å²) in [4.78, 5) is 0. The number of hydrogen-bond donors (Lipinski definition) is 1. The molecule has 2 atom stereocenters. The highest BCUT2D eigenvalue weighted by Gasteiger charge is 2.21. The summed E-state index contributed by atoms with van der Waals surface area (Å²) in [5.41, 5.74) is 5.63. The van der Waals surface area contributed by atoms with Gasteiger partial charge in [0.15, 0.2) is 0 Å². The van der Waals surface area contributed by atoms with Crippen LogP contribution in [0, 0.1) is 13.8 Å². The molecule has 1 heteroatoms. The third kappa shape index (κ3) is 3.95. The molecule has 0 aliphatic rings. The molecule has 0 fully saturated rings. The van der Waals surface area contributed by atoms with E-state index in [1.165, 1.54) is 22.3 Å². The summed E-state index contributed by atoms with van der Waals surface area (Å²) in [7, 11) is 2.08. The van der Waals surface area contributed by atoms with Crippen molar-refractivity contribution in [2.45, 2.75) is 45.6 Å². The number of nitrogens with one attached hydrogen (secondary N) is 1. The highest BCUT2D eigenvalue weighted by Crippen LogP contribution is 2.26. The van der Waals surface area contributed by atoms with Crippen molar-refractivity contribution < 1.29 is 0 Å². The van der Waals surface area contributed by atoms with Gasteiger partial charge >= 0.3 is 0 Å². The van der Waals surface area contributed by atoms with Crippen LogP contribution in [0.3, 0.4) is 0 Å². The molecule has 0 amide bonds. The molecule has 2 aromatic carbocycles. The van der Waals surface area contributed by atoms with E-state index in [-0.39, 0.29) is 0 Å². The van der Waals surface area contributed by atoms with Crippen molar-refractivity contribution in [3.63, 3.8) is 0 Å². The van der Waals surface area contributed by atoms with E-state index >= 15 is 0 Å². The normalized spacial score (nSPS) is 13.9. The zero-order chi connectivity index (χ0) is 15.2. The standard InChI is InChI=1S/C20H27N/c1-5-19(17-9-7-6-8-10-17)20(21-4)14-18-13-15(2)11-12-16(18)3/h6-13,19-21H,5,14H2,1-4H3. The van der Waals surface area contributed by atoms with Gasteiger partial charge < -0.3 is 5.32 Å². The van der Waals surface area contributed by atoms with Gasteiger partial charge in [0.25, 0.3) is 0 Å². The van der Waals surface area contributed by atoms with Crippen molar-refractivity contribution >= 4 is 0 Å². The Morgan fingerprint density at radius 1 is 1.00 bits per heavy atom. The Morgan fingerprint density at radius 2 is 1.71 bits per heavy atom. The van der Waals surface area contributed by atoms with E-state index in [4.69, 9.17) is 0 Å². The number of hydrogen-bond acceptors (Lipinski definition) is 1. The minimum absolute atomic E-state index is 0.470. The van der Waals surface area contributed by atoms with E-state index in [0.29, 0.717) is 12.0 Å². The van der Waals surface area contributed by atoms with Gasteiger partial charge in [-0.05, 0) is 56.3 Å². The average Bonchev–Trinajstić information content (AvgIpc) is 2.51. The summed E-state index contributed by atoms with van der Waals surface area (Å²) in [6.45, 7) is 6.67. The van der Waals surface area contributed by atoms with Crippen LogP contribution in [-0.4, -0.2) is 13.1 Å². The van der Waals surface area contributed by atoms with Crippen LogP contribution in [0.5, 0.6) is 0 Å². The topological polar surface area (TPSA) is 12.0 Å². The lowest BCUT2D eigenvalue weighted by Gasteiger charge is -2.27. The first-order valence-corrected chi connectivity index (χ1v) is 7.94. The van der Waals surface area contributed by atoms with Crippen LogP contribution in [0.15, 0.2) is 48.5 Å². The zero-order valence-electron chi connectivity index (χ0n) is 13.7.